The predicted octanol–water partition coefficient (Wildman–Crippen LogP) is 2.05. The van der Waals surface area contributed by atoms with Gasteiger partial charge in [-0.05, 0) is 24.1 Å². The Balaban J connectivity index is 2.46. The van der Waals surface area contributed by atoms with E-state index >= 15 is 0 Å². The number of primary amides is 1. The summed E-state index contributed by atoms with van der Waals surface area (Å²) in [7, 11) is 5.89. The van der Waals surface area contributed by atoms with E-state index in [1.54, 1.807) is 11.5 Å². The molecular weight excluding hydrogens is 376 g/mol. The number of aromatic nitrogens is 2. The van der Waals surface area contributed by atoms with Crippen LogP contribution in [0.2, 0.25) is 0 Å². The van der Waals surface area contributed by atoms with Gasteiger partial charge in [-0.25, -0.2) is 4.98 Å². The molecule has 0 saturated carbocycles. The first-order chi connectivity index (χ1) is 13.8. The molecule has 9 heteroatoms. The Labute approximate surface area is 168 Å². The summed E-state index contributed by atoms with van der Waals surface area (Å²) < 4.78 is 23.4. The Morgan fingerprint density at radius 1 is 1.14 bits per heavy atom. The number of anilines is 1. The summed E-state index contributed by atoms with van der Waals surface area (Å²) in [6.45, 7) is 1.90. The Kier molecular flexibility index (Phi) is 5.47. The third-order valence-corrected chi connectivity index (χ3v) is 5.00. The minimum Gasteiger partial charge on any atom is -0.496 e. The van der Waals surface area contributed by atoms with Gasteiger partial charge < -0.3 is 30.4 Å². The van der Waals surface area contributed by atoms with Gasteiger partial charge in [0.25, 0.3) is 5.91 Å². The van der Waals surface area contributed by atoms with Crippen LogP contribution in [-0.2, 0) is 20.2 Å². The maximum absolute atomic E-state index is 12.1. The van der Waals surface area contributed by atoms with Crippen LogP contribution in [0.25, 0.3) is 16.8 Å². The van der Waals surface area contributed by atoms with Crippen LogP contribution in [0.1, 0.15) is 21.6 Å². The quantitative estimate of drug-likeness (QED) is 0.582. The topological polar surface area (TPSA) is 123 Å². The molecule has 3 aromatic rings. The molecule has 29 heavy (non-hydrogen) atoms. The molecule has 0 spiro atoms. The van der Waals surface area contributed by atoms with Crippen molar-refractivity contribution >= 4 is 17.2 Å². The van der Waals surface area contributed by atoms with E-state index in [-0.39, 0.29) is 11.3 Å². The minimum atomic E-state index is -1.54. The zero-order valence-electron chi connectivity index (χ0n) is 17.0. The third kappa shape index (κ3) is 3.09. The second-order valence-corrected chi connectivity index (χ2v) is 6.33. The lowest BCUT2D eigenvalue weighted by Crippen LogP contribution is -2.34. The van der Waals surface area contributed by atoms with Gasteiger partial charge in [0, 0.05) is 33.1 Å². The van der Waals surface area contributed by atoms with E-state index < -0.39 is 11.9 Å². The summed E-state index contributed by atoms with van der Waals surface area (Å²) >= 11 is 0. The number of pyridine rings is 1. The first-order valence-corrected chi connectivity index (χ1v) is 8.74. The molecule has 0 aliphatic carbocycles. The summed E-state index contributed by atoms with van der Waals surface area (Å²) in [4.78, 5) is 16.7. The molecule has 2 heterocycles. The molecular formula is C20H24N4O5. The van der Waals surface area contributed by atoms with Crippen molar-refractivity contribution in [2.24, 2.45) is 5.73 Å². The van der Waals surface area contributed by atoms with Crippen LogP contribution in [-0.4, -0.2) is 43.7 Å². The Bertz CT molecular complexity index is 1060. The molecule has 1 amide bonds. The van der Waals surface area contributed by atoms with Crippen LogP contribution in [0.15, 0.2) is 30.6 Å². The second-order valence-electron chi connectivity index (χ2n) is 6.33. The van der Waals surface area contributed by atoms with Crippen molar-refractivity contribution in [3.05, 3.63) is 47.4 Å². The molecule has 9 nitrogen and oxygen atoms in total. The molecule has 0 saturated heterocycles. The lowest BCUT2D eigenvalue weighted by Gasteiger charge is -2.28. The fourth-order valence-electron chi connectivity index (χ4n) is 3.49. The summed E-state index contributed by atoms with van der Waals surface area (Å²) in [5.74, 6) is -1.54. The average Bonchev–Trinajstić information content (AvgIpc) is 3.14. The van der Waals surface area contributed by atoms with Crippen LogP contribution >= 0.6 is 0 Å². The van der Waals surface area contributed by atoms with E-state index in [0.717, 1.165) is 11.1 Å². The van der Waals surface area contributed by atoms with Crippen molar-refractivity contribution in [2.75, 3.05) is 34.2 Å². The molecule has 154 valence electrons. The fourth-order valence-corrected chi connectivity index (χ4v) is 3.49. The third-order valence-electron chi connectivity index (χ3n) is 5.00. The lowest BCUT2D eigenvalue weighted by molar-refractivity contribution is -0.367. The maximum atomic E-state index is 12.1. The first-order valence-electron chi connectivity index (χ1n) is 8.74. The van der Waals surface area contributed by atoms with Crippen LogP contribution in [0.3, 0.4) is 0 Å². The number of hydrogen-bond donors (Lipinski definition) is 2. The van der Waals surface area contributed by atoms with Crippen molar-refractivity contribution in [2.45, 2.75) is 12.9 Å². The van der Waals surface area contributed by atoms with Gasteiger partial charge in [0.15, 0.2) is 0 Å². The number of methoxy groups -OCH3 is 4. The predicted molar refractivity (Wildman–Crippen MR) is 108 cm³/mol. The zero-order chi connectivity index (χ0) is 21.3. The number of nitrogens with zero attached hydrogens (tertiary/aromatic N) is 2. The number of fused-ring (bicyclic) bond motifs is 1. The number of hydrogen-bond acceptors (Lipinski definition) is 7. The van der Waals surface area contributed by atoms with Crippen molar-refractivity contribution in [1.29, 1.82) is 0 Å². The number of nitrogen functional groups attached to an aromatic ring is 1. The number of benzene rings is 1. The molecule has 0 aliphatic heterocycles. The smallest absolute Gasteiger partial charge is 0.329 e. The molecule has 0 radical (unpaired) electrons. The van der Waals surface area contributed by atoms with E-state index in [0.29, 0.717) is 22.7 Å². The molecule has 1 aromatic carbocycles. The van der Waals surface area contributed by atoms with Crippen molar-refractivity contribution in [3.8, 4) is 16.9 Å². The van der Waals surface area contributed by atoms with Gasteiger partial charge in [-0.3, -0.25) is 9.20 Å². The molecule has 0 bridgehead atoms. The van der Waals surface area contributed by atoms with Crippen molar-refractivity contribution in [1.82, 2.24) is 9.38 Å². The number of nitrogens with two attached hydrogens (primary N) is 2. The van der Waals surface area contributed by atoms with Crippen LogP contribution in [0.4, 0.5) is 5.69 Å². The summed E-state index contributed by atoms with van der Waals surface area (Å²) in [5, 5.41) is 0. The second kappa shape index (κ2) is 7.70. The molecule has 0 atom stereocenters. The van der Waals surface area contributed by atoms with Crippen LogP contribution < -0.4 is 16.2 Å². The highest BCUT2D eigenvalue weighted by atomic mass is 16.9. The summed E-state index contributed by atoms with van der Waals surface area (Å²) in [5.41, 5.74) is 15.3. The molecule has 0 unspecified atom stereocenters. The number of carbonyl (C=O) groups excluding carboxylic acids is 1. The first kappa shape index (κ1) is 20.6. The zero-order valence-corrected chi connectivity index (χ0v) is 17.0. The van der Waals surface area contributed by atoms with Gasteiger partial charge >= 0.3 is 5.97 Å². The van der Waals surface area contributed by atoms with Crippen LogP contribution in [0, 0.1) is 6.92 Å². The van der Waals surface area contributed by atoms with Crippen molar-refractivity contribution < 1.29 is 23.7 Å². The van der Waals surface area contributed by atoms with Gasteiger partial charge in [0.1, 0.15) is 17.1 Å². The van der Waals surface area contributed by atoms with E-state index in [2.05, 4.69) is 4.98 Å². The van der Waals surface area contributed by atoms with Gasteiger partial charge in [-0.15, -0.1) is 0 Å². The average molecular weight is 400 g/mol. The van der Waals surface area contributed by atoms with Crippen molar-refractivity contribution in [3.63, 3.8) is 0 Å². The highest BCUT2D eigenvalue weighted by molar-refractivity contribution is 6.04. The fraction of sp³-hybridized carbons (Fsp3) is 0.300. The number of rotatable bonds is 7. The largest absolute Gasteiger partial charge is 0.496 e. The van der Waals surface area contributed by atoms with Gasteiger partial charge in [0.2, 0.25) is 0 Å². The van der Waals surface area contributed by atoms with E-state index in [9.17, 15) is 4.79 Å². The SMILES string of the molecule is COc1cccc(-c2c(N)c(C(N)=O)cn3c(C(OC)(OC)OC)cnc23)c1C. The molecule has 3 rings (SSSR count). The van der Waals surface area contributed by atoms with Gasteiger partial charge in [-0.2, -0.15) is 0 Å². The van der Waals surface area contributed by atoms with Gasteiger partial charge in [-0.1, -0.05) is 12.1 Å². The molecule has 0 fully saturated rings. The monoisotopic (exact) mass is 400 g/mol. The van der Waals surface area contributed by atoms with E-state index in [1.165, 1.54) is 33.7 Å². The Hall–Kier alpha value is -3.14. The van der Waals surface area contributed by atoms with Crippen LogP contribution in [0.5, 0.6) is 5.75 Å². The van der Waals surface area contributed by atoms with E-state index in [1.807, 2.05) is 25.1 Å². The highest BCUT2D eigenvalue weighted by Crippen LogP contribution is 2.39. The van der Waals surface area contributed by atoms with Gasteiger partial charge in [0.05, 0.1) is 24.6 Å². The summed E-state index contributed by atoms with van der Waals surface area (Å²) in [6, 6.07) is 5.55. The molecule has 4 N–H and O–H groups in total. The standard InChI is InChI=1S/C20H24N4O5/c1-11-12(7-6-8-14(11)26-2)16-17(21)13(18(22)25)10-24-15(9-23-19(16)24)20(27-3,28-4)29-5/h6-10H,21H2,1-5H3,(H2,22,25). The molecule has 0 aliphatic rings. The lowest BCUT2D eigenvalue weighted by atomic mass is 9.97. The minimum absolute atomic E-state index is 0.131. The number of imidazole rings is 1. The maximum Gasteiger partial charge on any atom is 0.329 e. The Morgan fingerprint density at radius 2 is 1.79 bits per heavy atom. The summed E-state index contributed by atoms with van der Waals surface area (Å²) in [6.07, 6.45) is 3.04. The highest BCUT2D eigenvalue weighted by Gasteiger charge is 2.37. The number of amides is 1. The Morgan fingerprint density at radius 3 is 2.34 bits per heavy atom. The van der Waals surface area contributed by atoms with E-state index in [4.69, 9.17) is 30.4 Å². The number of carbonyl (C=O) groups is 1. The normalized spacial score (nSPS) is 11.8. The number of ether oxygens (including phenoxy) is 4. The molecule has 2 aromatic heterocycles.